The van der Waals surface area contributed by atoms with E-state index in [1.807, 2.05) is 37.3 Å². The normalized spacial score (nSPS) is 10.5. The number of nitrogens with one attached hydrogen (secondary N) is 2. The van der Waals surface area contributed by atoms with E-state index in [9.17, 15) is 4.79 Å². The van der Waals surface area contributed by atoms with Crippen molar-refractivity contribution in [2.24, 2.45) is 0 Å². The van der Waals surface area contributed by atoms with Crippen LogP contribution in [-0.4, -0.2) is 21.1 Å². The number of pyridine rings is 1. The first-order valence-electron chi connectivity index (χ1n) is 6.67. The number of H-pyrrole nitrogens is 1. The molecule has 5 nitrogen and oxygen atoms in total. The fourth-order valence-corrected chi connectivity index (χ4v) is 2.35. The van der Waals surface area contributed by atoms with Gasteiger partial charge in [-0.05, 0) is 42.8 Å². The summed E-state index contributed by atoms with van der Waals surface area (Å²) >= 11 is 3.45. The number of anilines is 1. The number of rotatable bonds is 3. The molecule has 0 spiro atoms. The first kappa shape index (κ1) is 14.5. The quantitative estimate of drug-likeness (QED) is 0.749. The van der Waals surface area contributed by atoms with Crippen LogP contribution in [0, 0.1) is 6.92 Å². The molecule has 0 aliphatic rings. The van der Waals surface area contributed by atoms with Gasteiger partial charge in [-0.2, -0.15) is 5.10 Å². The molecule has 110 valence electrons. The van der Waals surface area contributed by atoms with Crippen molar-refractivity contribution in [1.29, 1.82) is 0 Å². The summed E-state index contributed by atoms with van der Waals surface area (Å²) in [5.74, 6) is -0.238. The molecule has 3 rings (SSSR count). The summed E-state index contributed by atoms with van der Waals surface area (Å²) in [6.45, 7) is 1.99. The van der Waals surface area contributed by atoms with Crippen LogP contribution in [0.4, 0.5) is 5.69 Å². The number of carbonyl (C=O) groups is 1. The third-order valence-electron chi connectivity index (χ3n) is 3.21. The van der Waals surface area contributed by atoms with Crippen molar-refractivity contribution < 1.29 is 4.79 Å². The lowest BCUT2D eigenvalue weighted by Gasteiger charge is -2.05. The molecule has 0 fully saturated rings. The SMILES string of the molecule is Cc1ccc(NC(=O)c2cc(-c3cccnc3)n[nH]2)cc1Br. The van der Waals surface area contributed by atoms with Gasteiger partial charge in [0.2, 0.25) is 0 Å². The zero-order chi connectivity index (χ0) is 15.5. The van der Waals surface area contributed by atoms with Crippen LogP contribution >= 0.6 is 15.9 Å². The van der Waals surface area contributed by atoms with Crippen molar-refractivity contribution >= 4 is 27.5 Å². The standard InChI is InChI=1S/C16H13BrN4O/c1-10-4-5-12(7-13(10)17)19-16(22)15-8-14(20-21-15)11-3-2-6-18-9-11/h2-9H,1H3,(H,19,22)(H,20,21). The molecular formula is C16H13BrN4O. The predicted molar refractivity (Wildman–Crippen MR) is 88.7 cm³/mol. The minimum atomic E-state index is -0.238. The second kappa shape index (κ2) is 6.11. The van der Waals surface area contributed by atoms with Gasteiger partial charge in [-0.3, -0.25) is 14.9 Å². The summed E-state index contributed by atoms with van der Waals surface area (Å²) in [5.41, 5.74) is 3.77. The largest absolute Gasteiger partial charge is 0.321 e. The third-order valence-corrected chi connectivity index (χ3v) is 4.06. The number of hydrogen-bond acceptors (Lipinski definition) is 3. The summed E-state index contributed by atoms with van der Waals surface area (Å²) < 4.78 is 0.950. The topological polar surface area (TPSA) is 70.7 Å². The molecule has 0 saturated carbocycles. The average molecular weight is 357 g/mol. The molecule has 0 bridgehead atoms. The van der Waals surface area contributed by atoms with Crippen molar-refractivity contribution in [1.82, 2.24) is 15.2 Å². The van der Waals surface area contributed by atoms with Crippen LogP contribution in [0.15, 0.2) is 53.3 Å². The van der Waals surface area contributed by atoms with Crippen LogP contribution in [0.5, 0.6) is 0 Å². The average Bonchev–Trinajstić information content (AvgIpc) is 3.02. The minimum absolute atomic E-state index is 0.238. The maximum absolute atomic E-state index is 12.2. The van der Waals surface area contributed by atoms with Crippen molar-refractivity contribution in [3.05, 3.63) is 64.5 Å². The van der Waals surface area contributed by atoms with Crippen LogP contribution in [0.3, 0.4) is 0 Å². The fraction of sp³-hybridized carbons (Fsp3) is 0.0625. The number of nitrogens with zero attached hydrogens (tertiary/aromatic N) is 2. The molecule has 0 radical (unpaired) electrons. The van der Waals surface area contributed by atoms with E-state index in [0.29, 0.717) is 11.4 Å². The third kappa shape index (κ3) is 3.07. The van der Waals surface area contributed by atoms with E-state index >= 15 is 0 Å². The molecule has 6 heteroatoms. The highest BCUT2D eigenvalue weighted by molar-refractivity contribution is 9.10. The van der Waals surface area contributed by atoms with E-state index in [1.54, 1.807) is 18.5 Å². The molecule has 2 heterocycles. The lowest BCUT2D eigenvalue weighted by atomic mass is 10.2. The van der Waals surface area contributed by atoms with Gasteiger partial charge in [0.15, 0.2) is 0 Å². The van der Waals surface area contributed by atoms with Gasteiger partial charge >= 0.3 is 0 Å². The number of halogens is 1. The first-order valence-corrected chi connectivity index (χ1v) is 7.46. The second-order valence-corrected chi connectivity index (χ2v) is 5.68. The molecule has 2 aromatic heterocycles. The van der Waals surface area contributed by atoms with Gasteiger partial charge < -0.3 is 5.32 Å². The molecule has 0 aliphatic carbocycles. The summed E-state index contributed by atoms with van der Waals surface area (Å²) in [5, 5.41) is 9.73. The summed E-state index contributed by atoms with van der Waals surface area (Å²) in [6.07, 6.45) is 3.40. The summed E-state index contributed by atoms with van der Waals surface area (Å²) in [7, 11) is 0. The number of aromatic amines is 1. The van der Waals surface area contributed by atoms with E-state index in [-0.39, 0.29) is 5.91 Å². The van der Waals surface area contributed by atoms with E-state index in [0.717, 1.165) is 21.3 Å². The summed E-state index contributed by atoms with van der Waals surface area (Å²) in [6, 6.07) is 11.1. The van der Waals surface area contributed by atoms with Gasteiger partial charge in [0, 0.05) is 28.1 Å². The van der Waals surface area contributed by atoms with Crippen LogP contribution in [0.2, 0.25) is 0 Å². The first-order chi connectivity index (χ1) is 10.6. The molecule has 1 amide bonds. The van der Waals surface area contributed by atoms with Gasteiger partial charge in [-0.25, -0.2) is 0 Å². The van der Waals surface area contributed by atoms with Crippen molar-refractivity contribution in [2.45, 2.75) is 6.92 Å². The monoisotopic (exact) mass is 356 g/mol. The molecule has 22 heavy (non-hydrogen) atoms. The number of benzene rings is 1. The molecule has 0 aliphatic heterocycles. The van der Waals surface area contributed by atoms with E-state index in [2.05, 4.69) is 36.4 Å². The smallest absolute Gasteiger partial charge is 0.273 e. The van der Waals surface area contributed by atoms with E-state index in [1.165, 1.54) is 0 Å². The Morgan fingerprint density at radius 3 is 2.86 bits per heavy atom. The minimum Gasteiger partial charge on any atom is -0.321 e. The van der Waals surface area contributed by atoms with Gasteiger partial charge in [0.1, 0.15) is 5.69 Å². The Kier molecular flexibility index (Phi) is 4.02. The fourth-order valence-electron chi connectivity index (χ4n) is 1.97. The number of amides is 1. The Bertz CT molecular complexity index is 814. The number of aromatic nitrogens is 3. The lowest BCUT2D eigenvalue weighted by molar-refractivity contribution is 0.102. The zero-order valence-electron chi connectivity index (χ0n) is 11.8. The van der Waals surface area contributed by atoms with Gasteiger partial charge in [0.05, 0.1) is 5.69 Å². The number of carbonyl (C=O) groups excluding carboxylic acids is 1. The molecular weight excluding hydrogens is 344 g/mol. The Labute approximate surface area is 135 Å². The van der Waals surface area contributed by atoms with Gasteiger partial charge in [-0.1, -0.05) is 22.0 Å². The number of hydrogen-bond donors (Lipinski definition) is 2. The van der Waals surface area contributed by atoms with Crippen molar-refractivity contribution in [2.75, 3.05) is 5.32 Å². The van der Waals surface area contributed by atoms with Gasteiger partial charge in [0.25, 0.3) is 5.91 Å². The van der Waals surface area contributed by atoms with Crippen molar-refractivity contribution in [3.63, 3.8) is 0 Å². The zero-order valence-corrected chi connectivity index (χ0v) is 13.4. The maximum atomic E-state index is 12.2. The Hall–Kier alpha value is -2.47. The van der Waals surface area contributed by atoms with Crippen molar-refractivity contribution in [3.8, 4) is 11.3 Å². The van der Waals surface area contributed by atoms with Crippen LogP contribution < -0.4 is 5.32 Å². The predicted octanol–water partition coefficient (Wildman–Crippen LogP) is 3.79. The molecule has 1 aromatic carbocycles. The molecule has 0 saturated heterocycles. The highest BCUT2D eigenvalue weighted by Crippen LogP contribution is 2.21. The highest BCUT2D eigenvalue weighted by atomic mass is 79.9. The van der Waals surface area contributed by atoms with Crippen LogP contribution in [-0.2, 0) is 0 Å². The van der Waals surface area contributed by atoms with Gasteiger partial charge in [-0.15, -0.1) is 0 Å². The highest BCUT2D eigenvalue weighted by Gasteiger charge is 2.11. The maximum Gasteiger partial charge on any atom is 0.273 e. The number of aryl methyl sites for hydroxylation is 1. The Morgan fingerprint density at radius 1 is 1.27 bits per heavy atom. The second-order valence-electron chi connectivity index (χ2n) is 4.83. The van der Waals surface area contributed by atoms with Crippen LogP contribution in [0.25, 0.3) is 11.3 Å². The Morgan fingerprint density at radius 2 is 2.14 bits per heavy atom. The molecule has 0 atom stereocenters. The lowest BCUT2D eigenvalue weighted by Crippen LogP contribution is -2.12. The molecule has 3 aromatic rings. The van der Waals surface area contributed by atoms with E-state index < -0.39 is 0 Å². The Balaban J connectivity index is 1.78. The molecule has 2 N–H and O–H groups in total. The molecule has 0 unspecified atom stereocenters. The van der Waals surface area contributed by atoms with Crippen LogP contribution in [0.1, 0.15) is 16.1 Å². The summed E-state index contributed by atoms with van der Waals surface area (Å²) in [4.78, 5) is 16.3. The van der Waals surface area contributed by atoms with E-state index in [4.69, 9.17) is 0 Å².